The Balaban J connectivity index is 1.56. The van der Waals surface area contributed by atoms with Crippen molar-refractivity contribution < 1.29 is 9.59 Å². The third kappa shape index (κ3) is 3.88. The van der Waals surface area contributed by atoms with Gasteiger partial charge >= 0.3 is 6.03 Å². The minimum absolute atomic E-state index is 0.218. The van der Waals surface area contributed by atoms with E-state index in [9.17, 15) is 9.59 Å². The molecule has 3 rings (SSSR count). The zero-order valence-corrected chi connectivity index (χ0v) is 13.8. The number of thiazole rings is 1. The Kier molecular flexibility index (Phi) is 4.59. The number of anilines is 1. The van der Waals surface area contributed by atoms with Crippen LogP contribution in [0.25, 0.3) is 10.2 Å². The second kappa shape index (κ2) is 6.80. The maximum absolute atomic E-state index is 12.0. The number of nitrogens with zero attached hydrogens (tertiary/aromatic N) is 1. The van der Waals surface area contributed by atoms with Crippen LogP contribution < -0.4 is 10.0 Å². The molecule has 0 unspecified atom stereocenters. The third-order valence-electron chi connectivity index (χ3n) is 3.04. The molecule has 5 nitrogen and oxygen atoms in total. The van der Waals surface area contributed by atoms with E-state index in [0.717, 1.165) is 27.7 Å². The number of hydrogen-bond acceptors (Lipinski definition) is 5. The molecule has 116 valence electrons. The topological polar surface area (TPSA) is 71.1 Å². The maximum Gasteiger partial charge on any atom is 0.331 e. The van der Waals surface area contributed by atoms with Crippen LogP contribution in [0, 0.1) is 6.92 Å². The number of aryl methyl sites for hydroxylation is 1. The molecule has 0 atom stereocenters. The number of carbonyl (C=O) groups is 2. The van der Waals surface area contributed by atoms with Gasteiger partial charge in [-0.15, -0.1) is 0 Å². The molecule has 23 heavy (non-hydrogen) atoms. The van der Waals surface area contributed by atoms with Gasteiger partial charge in [0.25, 0.3) is 0 Å². The molecule has 0 saturated heterocycles. The van der Waals surface area contributed by atoms with Crippen LogP contribution in [-0.2, 0) is 0 Å². The van der Waals surface area contributed by atoms with Crippen LogP contribution >= 0.6 is 23.3 Å². The fraction of sp³-hybridized carbons (Fsp3) is 0.0625. The number of urea groups is 1. The molecule has 2 aromatic carbocycles. The summed E-state index contributed by atoms with van der Waals surface area (Å²) in [6.07, 6.45) is 0. The Hall–Kier alpha value is -2.38. The van der Waals surface area contributed by atoms with Gasteiger partial charge in [-0.3, -0.25) is 14.8 Å². The molecule has 0 radical (unpaired) electrons. The lowest BCUT2D eigenvalue weighted by molar-refractivity contribution is 0.108. The van der Waals surface area contributed by atoms with E-state index in [1.54, 1.807) is 12.1 Å². The first-order chi connectivity index (χ1) is 11.1. The summed E-state index contributed by atoms with van der Waals surface area (Å²) in [5, 5.41) is 2.91. The van der Waals surface area contributed by atoms with Gasteiger partial charge in [-0.2, -0.15) is 0 Å². The normalized spacial score (nSPS) is 10.5. The molecule has 3 aromatic rings. The smallest absolute Gasteiger partial charge is 0.283 e. The number of aromatic nitrogens is 1. The quantitative estimate of drug-likeness (QED) is 0.684. The molecule has 0 fully saturated rings. The van der Waals surface area contributed by atoms with E-state index in [2.05, 4.69) is 15.0 Å². The number of nitrogens with one attached hydrogen (secondary N) is 2. The summed E-state index contributed by atoms with van der Waals surface area (Å²) in [4.78, 5) is 28.1. The van der Waals surface area contributed by atoms with E-state index in [1.807, 2.05) is 43.3 Å². The van der Waals surface area contributed by atoms with Gasteiger partial charge < -0.3 is 0 Å². The molecular formula is C16H13N3O2S2. The predicted octanol–water partition coefficient (Wildman–Crippen LogP) is 4.21. The first-order valence-corrected chi connectivity index (χ1v) is 8.45. The zero-order chi connectivity index (χ0) is 16.2. The van der Waals surface area contributed by atoms with Crippen molar-refractivity contribution in [2.24, 2.45) is 0 Å². The van der Waals surface area contributed by atoms with Crippen molar-refractivity contribution in [2.75, 3.05) is 5.32 Å². The van der Waals surface area contributed by atoms with E-state index in [-0.39, 0.29) is 5.12 Å². The summed E-state index contributed by atoms with van der Waals surface area (Å²) >= 11 is 2.13. The van der Waals surface area contributed by atoms with Crippen LogP contribution in [0.15, 0.2) is 48.5 Å². The first kappa shape index (κ1) is 15.5. The molecule has 0 spiro atoms. The highest BCUT2D eigenvalue weighted by atomic mass is 32.2. The van der Waals surface area contributed by atoms with Crippen LogP contribution in [0.3, 0.4) is 0 Å². The number of rotatable bonds is 2. The lowest BCUT2D eigenvalue weighted by atomic mass is 10.2. The number of fused-ring (bicyclic) bond motifs is 1. The van der Waals surface area contributed by atoms with Gasteiger partial charge in [-0.25, -0.2) is 9.78 Å². The van der Waals surface area contributed by atoms with E-state index in [0.29, 0.717) is 10.7 Å². The molecule has 0 aliphatic heterocycles. The average molecular weight is 343 g/mol. The fourth-order valence-electron chi connectivity index (χ4n) is 1.89. The average Bonchev–Trinajstić information content (AvgIpc) is 2.95. The van der Waals surface area contributed by atoms with Crippen LogP contribution in [0.1, 0.15) is 15.9 Å². The molecule has 1 aromatic heterocycles. The third-order valence-corrected chi connectivity index (χ3v) is 4.70. The van der Waals surface area contributed by atoms with Crippen LogP contribution in [0.5, 0.6) is 0 Å². The molecule has 0 aliphatic rings. The second-order valence-electron chi connectivity index (χ2n) is 4.80. The van der Waals surface area contributed by atoms with E-state index >= 15 is 0 Å². The van der Waals surface area contributed by atoms with Gasteiger partial charge in [0.1, 0.15) is 0 Å². The molecular weight excluding hydrogens is 330 g/mol. The van der Waals surface area contributed by atoms with E-state index in [4.69, 9.17) is 0 Å². The molecule has 7 heteroatoms. The highest BCUT2D eigenvalue weighted by Gasteiger charge is 2.11. The highest BCUT2D eigenvalue weighted by molar-refractivity contribution is 8.12. The first-order valence-electron chi connectivity index (χ1n) is 6.82. The van der Waals surface area contributed by atoms with Gasteiger partial charge in [0.2, 0.25) is 5.12 Å². The predicted molar refractivity (Wildman–Crippen MR) is 94.9 cm³/mol. The van der Waals surface area contributed by atoms with Gasteiger partial charge in [-0.1, -0.05) is 53.3 Å². The fourth-order valence-corrected chi connectivity index (χ4v) is 3.24. The van der Waals surface area contributed by atoms with Gasteiger partial charge in [0.15, 0.2) is 5.13 Å². The van der Waals surface area contributed by atoms with Crippen LogP contribution in [0.4, 0.5) is 9.93 Å². The highest BCUT2D eigenvalue weighted by Crippen LogP contribution is 2.25. The number of hydrogen-bond donors (Lipinski definition) is 2. The van der Waals surface area contributed by atoms with Crippen molar-refractivity contribution in [1.29, 1.82) is 0 Å². The molecule has 2 amide bonds. The second-order valence-corrected chi connectivity index (χ2v) is 6.61. The molecule has 0 aliphatic carbocycles. The number of benzene rings is 2. The number of para-hydroxylation sites is 1. The Morgan fingerprint density at radius 1 is 1.09 bits per heavy atom. The largest absolute Gasteiger partial charge is 0.331 e. The number of amides is 2. The Labute approximate surface area is 141 Å². The lowest BCUT2D eigenvalue weighted by Gasteiger charge is -2.04. The van der Waals surface area contributed by atoms with Crippen molar-refractivity contribution >= 4 is 49.8 Å². The van der Waals surface area contributed by atoms with E-state index < -0.39 is 6.03 Å². The summed E-state index contributed by atoms with van der Waals surface area (Å²) in [5.41, 5.74) is 2.45. The Morgan fingerprint density at radius 3 is 2.57 bits per heavy atom. The summed E-state index contributed by atoms with van der Waals surface area (Å²) < 4.78 is 3.46. The summed E-state index contributed by atoms with van der Waals surface area (Å²) in [5.74, 6) is 0. The molecule has 0 saturated carbocycles. The van der Waals surface area contributed by atoms with Crippen molar-refractivity contribution in [1.82, 2.24) is 9.71 Å². The molecule has 0 bridgehead atoms. The van der Waals surface area contributed by atoms with Crippen molar-refractivity contribution in [3.8, 4) is 0 Å². The van der Waals surface area contributed by atoms with Gasteiger partial charge in [-0.05, 0) is 19.1 Å². The molecule has 1 heterocycles. The maximum atomic E-state index is 12.0. The Bertz CT molecular complexity index is 826. The SMILES string of the molecule is Cc1ccc(C(=O)SNC(=O)Nc2nc3ccccc3s2)cc1. The summed E-state index contributed by atoms with van der Waals surface area (Å²) in [6, 6.07) is 14.3. The van der Waals surface area contributed by atoms with Crippen molar-refractivity contribution in [2.45, 2.75) is 6.92 Å². The zero-order valence-electron chi connectivity index (χ0n) is 12.2. The van der Waals surface area contributed by atoms with Crippen molar-refractivity contribution in [3.63, 3.8) is 0 Å². The summed E-state index contributed by atoms with van der Waals surface area (Å²) in [7, 11) is 0. The number of carbonyl (C=O) groups excluding carboxylic acids is 2. The summed E-state index contributed by atoms with van der Waals surface area (Å²) in [6.45, 7) is 1.95. The van der Waals surface area contributed by atoms with Crippen LogP contribution in [0.2, 0.25) is 0 Å². The van der Waals surface area contributed by atoms with E-state index in [1.165, 1.54) is 11.3 Å². The molecule has 2 N–H and O–H groups in total. The minimum atomic E-state index is -0.477. The lowest BCUT2D eigenvalue weighted by Crippen LogP contribution is -2.24. The van der Waals surface area contributed by atoms with Crippen LogP contribution in [-0.4, -0.2) is 16.1 Å². The van der Waals surface area contributed by atoms with Gasteiger partial charge in [0, 0.05) is 17.5 Å². The van der Waals surface area contributed by atoms with Gasteiger partial charge in [0.05, 0.1) is 10.2 Å². The Morgan fingerprint density at radius 2 is 1.83 bits per heavy atom. The standard InChI is InChI=1S/C16H13N3O2S2/c1-10-6-8-11(9-7-10)14(20)23-19-15(21)18-16-17-12-4-2-3-5-13(12)22-16/h2-9H,1H3,(H2,17,18,19,21). The minimum Gasteiger partial charge on any atom is -0.283 e. The monoisotopic (exact) mass is 343 g/mol. The van der Waals surface area contributed by atoms with Crippen molar-refractivity contribution in [3.05, 3.63) is 59.7 Å².